The maximum Gasteiger partial charge on any atom is 0.337 e. The third-order valence-corrected chi connectivity index (χ3v) is 5.85. The molecular weight excluding hydrogens is 559 g/mol. The number of hydrogen-bond acceptors (Lipinski definition) is 5. The second-order valence-electron chi connectivity index (χ2n) is 7.45. The smallest absolute Gasteiger partial charge is 0.337 e. The Morgan fingerprint density at radius 3 is 2.51 bits per heavy atom. The number of nitrogens with one attached hydrogen (secondary N) is 1. The molecule has 3 aromatic carbocycles. The van der Waals surface area contributed by atoms with Gasteiger partial charge >= 0.3 is 5.97 Å². The molecule has 0 atom stereocenters. The Morgan fingerprint density at radius 2 is 1.83 bits per heavy atom. The quantitative estimate of drug-likeness (QED) is 0.187. The average Bonchev–Trinajstić information content (AvgIpc) is 2.83. The number of rotatable bonds is 9. The fourth-order valence-corrected chi connectivity index (χ4v) is 4.06. The maximum absolute atomic E-state index is 12.7. The molecule has 0 unspecified atom stereocenters. The second-order valence-corrected chi connectivity index (χ2v) is 8.62. The van der Waals surface area contributed by atoms with E-state index in [2.05, 4.69) is 27.9 Å². The number of halogens is 1. The fourth-order valence-electron chi connectivity index (χ4n) is 3.28. The number of aryl methyl sites for hydroxylation is 1. The van der Waals surface area contributed by atoms with Gasteiger partial charge in [0.15, 0.2) is 11.5 Å². The number of carboxylic acids is 1. The number of aromatic carboxylic acids is 1. The van der Waals surface area contributed by atoms with Crippen molar-refractivity contribution in [2.24, 2.45) is 0 Å². The molecule has 178 valence electrons. The number of ether oxygens (including phenoxy) is 2. The van der Waals surface area contributed by atoms with Gasteiger partial charge in [-0.15, -0.1) is 0 Å². The van der Waals surface area contributed by atoms with Crippen LogP contribution in [-0.4, -0.2) is 23.6 Å². The molecule has 8 heteroatoms. The summed E-state index contributed by atoms with van der Waals surface area (Å²) >= 11 is 2.13. The van der Waals surface area contributed by atoms with Crippen LogP contribution in [0.5, 0.6) is 11.5 Å². The number of hydrogen-bond donors (Lipinski definition) is 2. The van der Waals surface area contributed by atoms with Crippen molar-refractivity contribution in [3.8, 4) is 17.6 Å². The van der Waals surface area contributed by atoms with Gasteiger partial charge < -0.3 is 19.9 Å². The molecule has 0 aliphatic heterocycles. The Hall–Kier alpha value is -3.84. The van der Waals surface area contributed by atoms with Gasteiger partial charge in [0.1, 0.15) is 18.2 Å². The number of benzene rings is 3. The molecule has 0 spiro atoms. The van der Waals surface area contributed by atoms with Crippen LogP contribution in [0.3, 0.4) is 0 Å². The summed E-state index contributed by atoms with van der Waals surface area (Å²) in [6.45, 7) is 4.65. The number of carbonyl (C=O) groups is 2. The molecule has 0 aliphatic rings. The summed E-state index contributed by atoms with van der Waals surface area (Å²) in [6, 6.07) is 19.3. The minimum Gasteiger partial charge on any atom is -0.490 e. The van der Waals surface area contributed by atoms with Crippen molar-refractivity contribution >= 4 is 46.2 Å². The van der Waals surface area contributed by atoms with Gasteiger partial charge in [-0.05, 0) is 83.5 Å². The van der Waals surface area contributed by atoms with E-state index in [9.17, 15) is 20.0 Å². The number of carboxylic acid groups (broad SMARTS) is 1. The van der Waals surface area contributed by atoms with E-state index < -0.39 is 11.9 Å². The van der Waals surface area contributed by atoms with Crippen LogP contribution in [0.4, 0.5) is 5.69 Å². The molecule has 0 heterocycles. The molecule has 3 aromatic rings. The molecule has 7 nitrogen and oxygen atoms in total. The van der Waals surface area contributed by atoms with Crippen molar-refractivity contribution in [2.45, 2.75) is 20.5 Å². The molecule has 0 radical (unpaired) electrons. The van der Waals surface area contributed by atoms with Crippen LogP contribution < -0.4 is 14.8 Å². The van der Waals surface area contributed by atoms with Crippen molar-refractivity contribution in [3.05, 3.63) is 92.1 Å². The van der Waals surface area contributed by atoms with Crippen LogP contribution in [0, 0.1) is 21.8 Å². The summed E-state index contributed by atoms with van der Waals surface area (Å²) in [4.78, 5) is 24.1. The highest BCUT2D eigenvalue weighted by atomic mass is 127. The zero-order chi connectivity index (χ0) is 25.4. The van der Waals surface area contributed by atoms with E-state index in [1.54, 1.807) is 24.3 Å². The van der Waals surface area contributed by atoms with Crippen LogP contribution in [0.1, 0.15) is 34.0 Å². The highest BCUT2D eigenvalue weighted by Crippen LogP contribution is 2.35. The lowest BCUT2D eigenvalue weighted by molar-refractivity contribution is -0.112. The topological polar surface area (TPSA) is 109 Å². The minimum absolute atomic E-state index is 0.0681. The number of nitriles is 1. The molecule has 0 saturated heterocycles. The standard InChI is InChI=1S/C27H23IN2O5/c1-3-34-24-14-18(13-22(28)25(24)35-16-19-9-5-4-8-17(19)2)12-20(15-29)26(31)30-23-11-7-6-10-21(23)27(32)33/h4-14H,3,16H2,1-2H3,(H,30,31)(H,32,33)/b20-12+. The van der Waals surface area contributed by atoms with E-state index in [1.807, 2.05) is 44.2 Å². The van der Waals surface area contributed by atoms with Crippen molar-refractivity contribution in [1.82, 2.24) is 0 Å². The van der Waals surface area contributed by atoms with E-state index >= 15 is 0 Å². The number of amides is 1. The molecule has 0 fully saturated rings. The number of anilines is 1. The third kappa shape index (κ3) is 6.61. The summed E-state index contributed by atoms with van der Waals surface area (Å²) in [5, 5.41) is 21.4. The van der Waals surface area contributed by atoms with E-state index in [4.69, 9.17) is 9.47 Å². The van der Waals surface area contributed by atoms with Crippen LogP contribution in [-0.2, 0) is 11.4 Å². The molecule has 1 amide bonds. The van der Waals surface area contributed by atoms with E-state index in [1.165, 1.54) is 18.2 Å². The summed E-state index contributed by atoms with van der Waals surface area (Å²) in [5.41, 5.74) is 2.60. The van der Waals surface area contributed by atoms with Gasteiger partial charge in [-0.3, -0.25) is 4.79 Å². The number of para-hydroxylation sites is 1. The molecule has 0 aromatic heterocycles. The molecular formula is C27H23IN2O5. The highest BCUT2D eigenvalue weighted by Gasteiger charge is 2.17. The zero-order valence-electron chi connectivity index (χ0n) is 19.2. The van der Waals surface area contributed by atoms with E-state index in [0.29, 0.717) is 30.3 Å². The van der Waals surface area contributed by atoms with E-state index in [0.717, 1.165) is 14.7 Å². The highest BCUT2D eigenvalue weighted by molar-refractivity contribution is 14.1. The second kappa shape index (κ2) is 12.0. The molecule has 35 heavy (non-hydrogen) atoms. The lowest BCUT2D eigenvalue weighted by atomic mass is 10.1. The summed E-state index contributed by atoms with van der Waals surface area (Å²) in [7, 11) is 0. The minimum atomic E-state index is -1.18. The predicted molar refractivity (Wildman–Crippen MR) is 141 cm³/mol. The summed E-state index contributed by atoms with van der Waals surface area (Å²) < 4.78 is 12.6. The Bertz CT molecular complexity index is 1330. The van der Waals surface area contributed by atoms with E-state index in [-0.39, 0.29) is 16.8 Å². The molecule has 0 bridgehead atoms. The average molecular weight is 582 g/mol. The Balaban J connectivity index is 1.88. The lowest BCUT2D eigenvalue weighted by Gasteiger charge is -2.16. The first-order valence-electron chi connectivity index (χ1n) is 10.7. The number of carbonyl (C=O) groups excluding carboxylic acids is 1. The lowest BCUT2D eigenvalue weighted by Crippen LogP contribution is -2.16. The SMILES string of the molecule is CCOc1cc(/C=C(\C#N)C(=O)Nc2ccccc2C(=O)O)cc(I)c1OCc1ccccc1C. The van der Waals surface area contributed by atoms with Gasteiger partial charge in [0, 0.05) is 0 Å². The van der Waals surface area contributed by atoms with Crippen LogP contribution in [0.25, 0.3) is 6.08 Å². The van der Waals surface area contributed by atoms with Crippen LogP contribution in [0.15, 0.2) is 66.2 Å². The van der Waals surface area contributed by atoms with Gasteiger partial charge in [-0.2, -0.15) is 5.26 Å². The number of nitrogens with zero attached hydrogens (tertiary/aromatic N) is 1. The van der Waals surface area contributed by atoms with Crippen molar-refractivity contribution in [3.63, 3.8) is 0 Å². The van der Waals surface area contributed by atoms with Crippen molar-refractivity contribution < 1.29 is 24.2 Å². The van der Waals surface area contributed by atoms with Gasteiger partial charge in [0.2, 0.25) is 0 Å². The first-order chi connectivity index (χ1) is 16.8. The first-order valence-corrected chi connectivity index (χ1v) is 11.8. The largest absolute Gasteiger partial charge is 0.490 e. The zero-order valence-corrected chi connectivity index (χ0v) is 21.3. The monoisotopic (exact) mass is 582 g/mol. The van der Waals surface area contributed by atoms with Gasteiger partial charge in [0.05, 0.1) is 21.4 Å². The third-order valence-electron chi connectivity index (χ3n) is 5.05. The first kappa shape index (κ1) is 25.8. The van der Waals surface area contributed by atoms with Crippen molar-refractivity contribution in [2.75, 3.05) is 11.9 Å². The van der Waals surface area contributed by atoms with Crippen LogP contribution in [0.2, 0.25) is 0 Å². The molecule has 0 aliphatic carbocycles. The Kier molecular flexibility index (Phi) is 8.86. The normalized spacial score (nSPS) is 10.9. The van der Waals surface area contributed by atoms with Gasteiger partial charge in [-0.1, -0.05) is 36.4 Å². The molecule has 3 rings (SSSR count). The Labute approximate surface area is 217 Å². The summed E-state index contributed by atoms with van der Waals surface area (Å²) in [5.74, 6) is -0.825. The maximum atomic E-state index is 12.7. The van der Waals surface area contributed by atoms with Gasteiger partial charge in [0.25, 0.3) is 5.91 Å². The summed E-state index contributed by atoms with van der Waals surface area (Å²) in [6.07, 6.45) is 1.43. The van der Waals surface area contributed by atoms with Gasteiger partial charge in [-0.25, -0.2) is 4.79 Å². The fraction of sp³-hybridized carbons (Fsp3) is 0.148. The Morgan fingerprint density at radius 1 is 1.11 bits per heavy atom. The predicted octanol–water partition coefficient (Wildman–Crippen LogP) is 5.82. The van der Waals surface area contributed by atoms with Crippen LogP contribution >= 0.6 is 22.6 Å². The van der Waals surface area contributed by atoms with Crippen molar-refractivity contribution in [1.29, 1.82) is 5.26 Å². The molecule has 0 saturated carbocycles. The molecule has 2 N–H and O–H groups in total.